The second-order valence-electron chi connectivity index (χ2n) is 5.42. The van der Waals surface area contributed by atoms with Crippen LogP contribution in [0.5, 0.6) is 0 Å². The Labute approximate surface area is 149 Å². The zero-order chi connectivity index (χ0) is 20.9. The molecule has 0 radical (unpaired) electrons. The molecule has 1 atom stereocenters. The zero-order valence-corrected chi connectivity index (χ0v) is 15.1. The van der Waals surface area contributed by atoms with Gasteiger partial charge < -0.3 is 36.2 Å². The summed E-state index contributed by atoms with van der Waals surface area (Å²) in [4.78, 5) is 58.2. The number of carbonyl (C=O) groups is 4. The molecule has 0 aliphatic heterocycles. The van der Waals surface area contributed by atoms with Gasteiger partial charge in [-0.1, -0.05) is 13.3 Å². The number of nitrogens with one attached hydrogen (secondary N) is 1. The van der Waals surface area contributed by atoms with E-state index in [9.17, 15) is 23.7 Å². The molecule has 0 saturated carbocycles. The largest absolute Gasteiger partial charge is 0.481 e. The number of rotatable bonds is 11. The van der Waals surface area contributed by atoms with E-state index in [1.54, 1.807) is 0 Å². The van der Waals surface area contributed by atoms with Gasteiger partial charge in [-0.05, 0) is 12.3 Å². The smallest absolute Gasteiger partial charge is 0.344 e. The van der Waals surface area contributed by atoms with E-state index >= 15 is 0 Å². The maximum atomic E-state index is 10.8. The number of carboxylic acids is 3. The number of hydrogen-bond acceptors (Lipinski definition) is 6. The van der Waals surface area contributed by atoms with Crippen molar-refractivity contribution >= 4 is 31.4 Å². The van der Waals surface area contributed by atoms with Gasteiger partial charge in [-0.2, -0.15) is 0 Å². The van der Waals surface area contributed by atoms with Crippen molar-refractivity contribution in [3.05, 3.63) is 0 Å². The van der Waals surface area contributed by atoms with Crippen LogP contribution in [0, 0.1) is 5.92 Å². The van der Waals surface area contributed by atoms with Crippen LogP contribution in [-0.2, 0) is 23.7 Å². The number of nitrogens with two attached hydrogens (primary N) is 1. The molecule has 0 aromatic carbocycles. The predicted octanol–water partition coefficient (Wildman–Crippen LogP) is -0.608. The highest BCUT2D eigenvalue weighted by Gasteiger charge is 2.19. The highest BCUT2D eigenvalue weighted by molar-refractivity contribution is 7.51. The summed E-state index contributed by atoms with van der Waals surface area (Å²) < 4.78 is 10.3. The summed E-state index contributed by atoms with van der Waals surface area (Å²) in [5, 5.41) is 27.0. The number of carboxylic acid groups (broad SMARTS) is 3. The number of hydrogen-bond donors (Lipinski definition) is 7. The fourth-order valence-electron chi connectivity index (χ4n) is 1.73. The van der Waals surface area contributed by atoms with Crippen molar-refractivity contribution in [3.8, 4) is 0 Å². The van der Waals surface area contributed by atoms with Gasteiger partial charge in [-0.3, -0.25) is 23.7 Å². The van der Waals surface area contributed by atoms with Gasteiger partial charge in [0.05, 0.1) is 6.42 Å². The van der Waals surface area contributed by atoms with Gasteiger partial charge >= 0.3 is 25.5 Å². The number of amides is 1. The molecular weight excluding hydrogens is 375 g/mol. The number of aliphatic carboxylic acids is 3. The first-order chi connectivity index (χ1) is 11.8. The Morgan fingerprint density at radius 1 is 1.00 bits per heavy atom. The first kappa shape index (κ1) is 26.2. The molecule has 0 rings (SSSR count). The van der Waals surface area contributed by atoms with E-state index < -0.39 is 50.2 Å². The van der Waals surface area contributed by atoms with Gasteiger partial charge in [0.25, 0.3) is 0 Å². The molecule has 0 aliphatic rings. The standard InChI is InChI=1S/C8H14O4.C5H11N2O6P/c1-2-3-6(4-7(9)10)5-8(11)12;6-3(5(9)10)1-4(8)7-2-14(11,12)13/h6H,2-5H2,1H3,(H,9,10)(H,11,12);3H,1-2,6H2,(H,7,8)(H,9,10)(H2,11,12,13)/t;3-/m.1/s1. The fourth-order valence-corrected chi connectivity index (χ4v) is 2.11. The SMILES string of the molecule is CCCC(CC(=O)O)CC(=O)O.N[C@H](CC(=O)NCP(=O)(O)O)C(=O)O. The van der Waals surface area contributed by atoms with Crippen molar-refractivity contribution < 1.29 is 48.8 Å². The molecule has 0 fully saturated rings. The maximum absolute atomic E-state index is 10.8. The van der Waals surface area contributed by atoms with E-state index in [0.717, 1.165) is 6.42 Å². The minimum absolute atomic E-state index is 0.0415. The zero-order valence-electron chi connectivity index (χ0n) is 14.2. The average Bonchev–Trinajstić information content (AvgIpc) is 2.43. The average molecular weight is 400 g/mol. The van der Waals surface area contributed by atoms with Gasteiger partial charge in [0.15, 0.2) is 0 Å². The minimum Gasteiger partial charge on any atom is -0.481 e. The summed E-state index contributed by atoms with van der Waals surface area (Å²) in [6.07, 6.45) is 0.0671. The Hall–Kier alpha value is -2.01. The molecule has 0 saturated heterocycles. The van der Waals surface area contributed by atoms with Crippen LogP contribution >= 0.6 is 7.60 Å². The molecule has 0 aromatic heterocycles. The van der Waals surface area contributed by atoms with Crippen LogP contribution in [0.3, 0.4) is 0 Å². The summed E-state index contributed by atoms with van der Waals surface area (Å²) in [6, 6.07) is -1.37. The van der Waals surface area contributed by atoms with Crippen molar-refractivity contribution in [2.24, 2.45) is 11.7 Å². The van der Waals surface area contributed by atoms with Gasteiger partial charge in [0.2, 0.25) is 5.91 Å². The molecule has 0 heterocycles. The monoisotopic (exact) mass is 400 g/mol. The van der Waals surface area contributed by atoms with Crippen LogP contribution in [0.1, 0.15) is 39.0 Å². The van der Waals surface area contributed by atoms with Crippen molar-refractivity contribution in [2.75, 3.05) is 6.29 Å². The van der Waals surface area contributed by atoms with Crippen LogP contribution in [0.2, 0.25) is 0 Å². The lowest BCUT2D eigenvalue weighted by atomic mass is 9.96. The molecule has 26 heavy (non-hydrogen) atoms. The van der Waals surface area contributed by atoms with Gasteiger partial charge in [0.1, 0.15) is 12.3 Å². The first-order valence-corrected chi connectivity index (χ1v) is 9.31. The lowest BCUT2D eigenvalue weighted by Crippen LogP contribution is -2.37. The third kappa shape index (κ3) is 18.3. The summed E-state index contributed by atoms with van der Waals surface area (Å²) in [7, 11) is -4.31. The molecule has 8 N–H and O–H groups in total. The Morgan fingerprint density at radius 3 is 1.77 bits per heavy atom. The Bertz CT molecular complexity index is 517. The summed E-state index contributed by atoms with van der Waals surface area (Å²) >= 11 is 0. The van der Waals surface area contributed by atoms with Crippen LogP contribution in [0.15, 0.2) is 0 Å². The Balaban J connectivity index is 0. The van der Waals surface area contributed by atoms with E-state index in [1.165, 1.54) is 0 Å². The van der Waals surface area contributed by atoms with Gasteiger partial charge in [-0.25, -0.2) is 0 Å². The van der Waals surface area contributed by atoms with E-state index in [-0.39, 0.29) is 18.8 Å². The minimum atomic E-state index is -4.31. The fraction of sp³-hybridized carbons (Fsp3) is 0.692. The molecule has 13 heteroatoms. The summed E-state index contributed by atoms with van der Waals surface area (Å²) in [6.45, 7) is 1.91. The molecule has 0 aromatic rings. The van der Waals surface area contributed by atoms with Crippen LogP contribution in [0.25, 0.3) is 0 Å². The third-order valence-electron chi connectivity index (χ3n) is 2.83. The van der Waals surface area contributed by atoms with Crippen LogP contribution in [-0.4, -0.2) is 61.2 Å². The highest BCUT2D eigenvalue weighted by Crippen LogP contribution is 2.31. The maximum Gasteiger partial charge on any atom is 0.344 e. The van der Waals surface area contributed by atoms with Crippen molar-refractivity contribution in [1.29, 1.82) is 0 Å². The third-order valence-corrected chi connectivity index (χ3v) is 3.40. The van der Waals surface area contributed by atoms with Crippen molar-refractivity contribution in [2.45, 2.75) is 45.1 Å². The first-order valence-electron chi connectivity index (χ1n) is 7.51. The molecule has 152 valence electrons. The van der Waals surface area contributed by atoms with E-state index in [1.807, 2.05) is 12.2 Å². The van der Waals surface area contributed by atoms with Crippen molar-refractivity contribution in [1.82, 2.24) is 5.32 Å². The molecule has 0 aliphatic carbocycles. The summed E-state index contributed by atoms with van der Waals surface area (Å²) in [5.41, 5.74) is 5.00. The predicted molar refractivity (Wildman–Crippen MR) is 88.2 cm³/mol. The summed E-state index contributed by atoms with van der Waals surface area (Å²) in [5.74, 6) is -4.23. The molecular formula is C13H25N2O10P. The second-order valence-corrected chi connectivity index (χ2v) is 7.07. The van der Waals surface area contributed by atoms with Crippen LogP contribution in [0.4, 0.5) is 0 Å². The van der Waals surface area contributed by atoms with Crippen LogP contribution < -0.4 is 11.1 Å². The lowest BCUT2D eigenvalue weighted by molar-refractivity contribution is -0.141. The quantitative estimate of drug-likeness (QED) is 0.216. The van der Waals surface area contributed by atoms with Gasteiger partial charge in [-0.15, -0.1) is 0 Å². The highest BCUT2D eigenvalue weighted by atomic mass is 31.2. The molecule has 12 nitrogen and oxygen atoms in total. The molecule has 0 spiro atoms. The number of carbonyl (C=O) groups excluding carboxylic acids is 1. The molecule has 1 amide bonds. The lowest BCUT2D eigenvalue weighted by Gasteiger charge is -2.09. The van der Waals surface area contributed by atoms with Gasteiger partial charge in [0, 0.05) is 12.8 Å². The van der Waals surface area contributed by atoms with Crippen molar-refractivity contribution in [3.63, 3.8) is 0 Å². The molecule has 0 bridgehead atoms. The van der Waals surface area contributed by atoms with E-state index in [0.29, 0.717) is 6.42 Å². The Morgan fingerprint density at radius 2 is 1.46 bits per heavy atom. The van der Waals surface area contributed by atoms with E-state index in [2.05, 4.69) is 0 Å². The van der Waals surface area contributed by atoms with E-state index in [4.69, 9.17) is 30.8 Å². The second kappa shape index (κ2) is 13.2. The Kier molecular flexibility index (Phi) is 13.3. The topological polar surface area (TPSA) is 225 Å². The normalized spacial score (nSPS) is 11.9. The molecule has 0 unspecified atom stereocenters.